The summed E-state index contributed by atoms with van der Waals surface area (Å²) in [5.41, 5.74) is 1.75. The van der Waals surface area contributed by atoms with Gasteiger partial charge in [0.25, 0.3) is 0 Å². The van der Waals surface area contributed by atoms with Gasteiger partial charge in [-0.3, -0.25) is 0 Å². The fraction of sp³-hybridized carbons (Fsp3) is 0.143. The zero-order valence-corrected chi connectivity index (χ0v) is 8.66. The van der Waals surface area contributed by atoms with Crippen molar-refractivity contribution >= 4 is 22.3 Å². The lowest BCUT2D eigenvalue weighted by Crippen LogP contribution is -1.86. The molecule has 0 aliphatic heterocycles. The molecule has 0 aromatic heterocycles. The van der Waals surface area contributed by atoms with Crippen LogP contribution in [-0.4, -0.2) is 5.94 Å². The molecular weight excluding hydrogens is 184 g/mol. The van der Waals surface area contributed by atoms with E-state index < -0.39 is 0 Å². The van der Waals surface area contributed by atoms with Gasteiger partial charge in [0, 0.05) is 5.57 Å². The third-order valence-corrected chi connectivity index (χ3v) is 2.59. The molecule has 2 aromatic carbocycles. The van der Waals surface area contributed by atoms with Crippen LogP contribution in [0.2, 0.25) is 0 Å². The van der Waals surface area contributed by atoms with Crippen molar-refractivity contribution in [3.8, 4) is 0 Å². The summed E-state index contributed by atoms with van der Waals surface area (Å²) in [6, 6.07) is 14.1. The Morgan fingerprint density at radius 2 is 1.87 bits per heavy atom. The van der Waals surface area contributed by atoms with Gasteiger partial charge in [0.05, 0.1) is 0 Å². The number of hydrogen-bond donors (Lipinski definition) is 0. The molecular formula is C14H12O. The second-order valence-corrected chi connectivity index (χ2v) is 3.46. The Balaban J connectivity index is 2.76. The van der Waals surface area contributed by atoms with E-state index in [2.05, 4.69) is 12.1 Å². The van der Waals surface area contributed by atoms with Crippen molar-refractivity contribution in [2.45, 2.75) is 13.3 Å². The summed E-state index contributed by atoms with van der Waals surface area (Å²) in [5, 5.41) is 2.29. The number of fused-ring (bicyclic) bond motifs is 1. The highest BCUT2D eigenvalue weighted by molar-refractivity contribution is 6.00. The maximum Gasteiger partial charge on any atom is 0.128 e. The monoisotopic (exact) mass is 196 g/mol. The molecule has 0 radical (unpaired) electrons. The Morgan fingerprint density at radius 1 is 1.13 bits per heavy atom. The molecule has 0 N–H and O–H groups in total. The van der Waals surface area contributed by atoms with Crippen LogP contribution in [0.25, 0.3) is 16.3 Å². The first-order valence-electron chi connectivity index (χ1n) is 5.09. The molecule has 0 saturated heterocycles. The fourth-order valence-corrected chi connectivity index (χ4v) is 1.81. The Kier molecular flexibility index (Phi) is 2.66. The number of hydrogen-bond acceptors (Lipinski definition) is 1. The Labute approximate surface area is 89.0 Å². The van der Waals surface area contributed by atoms with Crippen molar-refractivity contribution in [1.29, 1.82) is 0 Å². The van der Waals surface area contributed by atoms with E-state index in [4.69, 9.17) is 0 Å². The molecule has 0 bridgehead atoms. The van der Waals surface area contributed by atoms with E-state index in [0.717, 1.165) is 28.3 Å². The van der Waals surface area contributed by atoms with Gasteiger partial charge < -0.3 is 0 Å². The molecule has 0 aliphatic carbocycles. The summed E-state index contributed by atoms with van der Waals surface area (Å²) < 4.78 is 0. The summed E-state index contributed by atoms with van der Waals surface area (Å²) in [6.07, 6.45) is 0.720. The molecule has 0 unspecified atom stereocenters. The van der Waals surface area contributed by atoms with Crippen LogP contribution in [0.15, 0.2) is 42.5 Å². The molecule has 15 heavy (non-hydrogen) atoms. The molecule has 0 fully saturated rings. The average molecular weight is 196 g/mol. The second kappa shape index (κ2) is 4.12. The summed E-state index contributed by atoms with van der Waals surface area (Å²) in [5.74, 6) is 2.03. The molecule has 2 rings (SSSR count). The largest absolute Gasteiger partial charge is 0.233 e. The fourth-order valence-electron chi connectivity index (χ4n) is 1.81. The highest BCUT2D eigenvalue weighted by Gasteiger charge is 2.04. The Morgan fingerprint density at radius 3 is 2.60 bits per heavy atom. The van der Waals surface area contributed by atoms with Gasteiger partial charge in [0.2, 0.25) is 0 Å². The molecule has 0 amide bonds. The van der Waals surface area contributed by atoms with E-state index in [0.29, 0.717) is 0 Å². The molecule has 0 spiro atoms. The lowest BCUT2D eigenvalue weighted by molar-refractivity contribution is 0.569. The predicted octanol–water partition coefficient (Wildman–Crippen LogP) is 3.46. The highest BCUT2D eigenvalue weighted by atomic mass is 16.1. The normalized spacial score (nSPS) is 9.93. The second-order valence-electron chi connectivity index (χ2n) is 3.46. The van der Waals surface area contributed by atoms with E-state index in [-0.39, 0.29) is 0 Å². The topological polar surface area (TPSA) is 17.1 Å². The molecule has 0 atom stereocenters. The molecule has 0 saturated carbocycles. The smallest absolute Gasteiger partial charge is 0.128 e. The minimum Gasteiger partial charge on any atom is -0.233 e. The lowest BCUT2D eigenvalue weighted by atomic mass is 9.98. The van der Waals surface area contributed by atoms with Gasteiger partial charge in [-0.2, -0.15) is 0 Å². The number of rotatable bonds is 2. The molecule has 74 valence electrons. The van der Waals surface area contributed by atoms with Gasteiger partial charge in [-0.05, 0) is 22.8 Å². The molecule has 1 heteroatoms. The van der Waals surface area contributed by atoms with Crippen LogP contribution in [0.5, 0.6) is 0 Å². The third kappa shape index (κ3) is 1.70. The van der Waals surface area contributed by atoms with Crippen molar-refractivity contribution in [3.63, 3.8) is 0 Å². The maximum atomic E-state index is 10.8. The number of benzene rings is 2. The van der Waals surface area contributed by atoms with Crippen LogP contribution in [0.3, 0.4) is 0 Å². The maximum absolute atomic E-state index is 10.8. The van der Waals surface area contributed by atoms with Crippen LogP contribution in [0, 0.1) is 0 Å². The minimum atomic E-state index is 0.720. The molecule has 0 aliphatic rings. The predicted molar refractivity (Wildman–Crippen MR) is 63.3 cm³/mol. The van der Waals surface area contributed by atoms with Crippen LogP contribution >= 0.6 is 0 Å². The van der Waals surface area contributed by atoms with E-state index >= 15 is 0 Å². The lowest BCUT2D eigenvalue weighted by Gasteiger charge is -2.05. The standard InChI is InChI=1S/C14H12O/c1-2-11(10-15)13-9-5-7-12-6-3-4-8-14(12)13/h3-9H,2H2,1H3. The first kappa shape index (κ1) is 9.70. The van der Waals surface area contributed by atoms with E-state index in [1.165, 1.54) is 0 Å². The summed E-state index contributed by atoms with van der Waals surface area (Å²) in [6.45, 7) is 1.97. The van der Waals surface area contributed by atoms with E-state index in [9.17, 15) is 4.79 Å². The molecule has 2 aromatic rings. The van der Waals surface area contributed by atoms with E-state index in [1.807, 2.05) is 43.2 Å². The zero-order valence-electron chi connectivity index (χ0n) is 8.66. The number of allylic oxidation sites excluding steroid dienone is 1. The van der Waals surface area contributed by atoms with Crippen LogP contribution in [-0.2, 0) is 4.79 Å². The molecule has 1 nitrogen and oxygen atoms in total. The van der Waals surface area contributed by atoms with Gasteiger partial charge in [-0.15, -0.1) is 0 Å². The number of carbonyl (C=O) groups excluding carboxylic acids is 1. The van der Waals surface area contributed by atoms with Gasteiger partial charge in [0.15, 0.2) is 0 Å². The summed E-state index contributed by atoms with van der Waals surface area (Å²) in [7, 11) is 0. The SMILES string of the molecule is CCC(=C=O)c1cccc2ccccc12. The zero-order chi connectivity index (χ0) is 10.7. The van der Waals surface area contributed by atoms with Gasteiger partial charge >= 0.3 is 0 Å². The van der Waals surface area contributed by atoms with Crippen LogP contribution in [0.4, 0.5) is 0 Å². The minimum absolute atomic E-state index is 0.720. The van der Waals surface area contributed by atoms with Crippen LogP contribution in [0.1, 0.15) is 18.9 Å². The van der Waals surface area contributed by atoms with Crippen molar-refractivity contribution in [1.82, 2.24) is 0 Å². The van der Waals surface area contributed by atoms with Crippen molar-refractivity contribution in [2.24, 2.45) is 0 Å². The van der Waals surface area contributed by atoms with Gasteiger partial charge in [-0.1, -0.05) is 49.4 Å². The highest BCUT2D eigenvalue weighted by Crippen LogP contribution is 2.25. The van der Waals surface area contributed by atoms with Gasteiger partial charge in [0.1, 0.15) is 5.94 Å². The Bertz CT molecular complexity index is 529. The van der Waals surface area contributed by atoms with Gasteiger partial charge in [-0.25, -0.2) is 4.79 Å². The third-order valence-electron chi connectivity index (χ3n) is 2.59. The quantitative estimate of drug-likeness (QED) is 0.672. The van der Waals surface area contributed by atoms with E-state index in [1.54, 1.807) is 0 Å². The van der Waals surface area contributed by atoms with Crippen molar-refractivity contribution in [3.05, 3.63) is 48.0 Å². The van der Waals surface area contributed by atoms with Crippen LogP contribution < -0.4 is 0 Å². The van der Waals surface area contributed by atoms with Crippen molar-refractivity contribution < 1.29 is 4.79 Å². The average Bonchev–Trinajstić information content (AvgIpc) is 2.31. The first-order valence-corrected chi connectivity index (χ1v) is 5.09. The Hall–Kier alpha value is -1.85. The molecule has 0 heterocycles. The summed E-state index contributed by atoms with van der Waals surface area (Å²) in [4.78, 5) is 10.8. The van der Waals surface area contributed by atoms with Crippen molar-refractivity contribution in [2.75, 3.05) is 0 Å². The first-order chi connectivity index (χ1) is 7.36. The summed E-state index contributed by atoms with van der Waals surface area (Å²) >= 11 is 0.